The largest absolute Gasteiger partial charge is 0.330 e. The Labute approximate surface area is 112 Å². The molecule has 0 aliphatic heterocycles. The molecule has 102 valence electrons. The second-order valence-electron chi connectivity index (χ2n) is 6.38. The quantitative estimate of drug-likeness (QED) is 0.865. The molecule has 2 nitrogen and oxygen atoms in total. The first-order chi connectivity index (χ1) is 8.29. The highest BCUT2D eigenvalue weighted by atomic mass is 15.1. The maximum Gasteiger partial charge on any atom is 0.0405 e. The van der Waals surface area contributed by atoms with Crippen LogP contribution in [0, 0.1) is 5.41 Å². The molecule has 0 spiro atoms. The molecule has 0 bridgehead atoms. The fourth-order valence-corrected chi connectivity index (χ4v) is 2.62. The average Bonchev–Trinajstić information content (AvgIpc) is 2.29. The first-order valence-corrected chi connectivity index (χ1v) is 6.76. The van der Waals surface area contributed by atoms with Crippen LogP contribution in [0.1, 0.15) is 50.8 Å². The summed E-state index contributed by atoms with van der Waals surface area (Å²) in [6.07, 6.45) is 0. The first kappa shape index (κ1) is 15.2. The van der Waals surface area contributed by atoms with E-state index in [0.29, 0.717) is 18.5 Å². The predicted octanol–water partition coefficient (Wildman–Crippen LogP) is 3.40. The Balaban J connectivity index is 3.08. The maximum absolute atomic E-state index is 5.93. The fourth-order valence-electron chi connectivity index (χ4n) is 2.62. The van der Waals surface area contributed by atoms with E-state index in [1.54, 1.807) is 0 Å². The monoisotopic (exact) mass is 248 g/mol. The van der Waals surface area contributed by atoms with Crippen LogP contribution < -0.4 is 5.73 Å². The van der Waals surface area contributed by atoms with Crippen LogP contribution in [0.3, 0.4) is 0 Å². The third kappa shape index (κ3) is 3.33. The Morgan fingerprint density at radius 3 is 1.83 bits per heavy atom. The van der Waals surface area contributed by atoms with Gasteiger partial charge in [-0.25, -0.2) is 0 Å². The Hall–Kier alpha value is -0.860. The normalized spacial score (nSPS) is 14.3. The van der Waals surface area contributed by atoms with Crippen LogP contribution in [0.2, 0.25) is 0 Å². The Morgan fingerprint density at radius 1 is 1.06 bits per heavy atom. The van der Waals surface area contributed by atoms with Gasteiger partial charge in [0.1, 0.15) is 0 Å². The van der Waals surface area contributed by atoms with E-state index < -0.39 is 0 Å². The van der Waals surface area contributed by atoms with Crippen molar-refractivity contribution in [3.63, 3.8) is 0 Å². The van der Waals surface area contributed by atoms with E-state index in [2.05, 4.69) is 71.0 Å². The molecule has 2 N–H and O–H groups in total. The minimum atomic E-state index is 0.0723. The summed E-state index contributed by atoms with van der Waals surface area (Å²) in [5.74, 6) is 0.583. The smallest absolute Gasteiger partial charge is 0.0405 e. The van der Waals surface area contributed by atoms with Gasteiger partial charge in [0.25, 0.3) is 0 Å². The Bertz CT molecular complexity index is 363. The van der Waals surface area contributed by atoms with Gasteiger partial charge in [0.2, 0.25) is 0 Å². The van der Waals surface area contributed by atoms with E-state index in [0.717, 1.165) is 0 Å². The van der Waals surface area contributed by atoms with Gasteiger partial charge in [-0.2, -0.15) is 0 Å². The highest BCUT2D eigenvalue weighted by Gasteiger charge is 2.31. The highest BCUT2D eigenvalue weighted by molar-refractivity contribution is 5.28. The molecule has 0 heterocycles. The minimum Gasteiger partial charge on any atom is -0.330 e. The third-order valence-corrected chi connectivity index (χ3v) is 3.70. The molecule has 1 aromatic carbocycles. The van der Waals surface area contributed by atoms with E-state index >= 15 is 0 Å². The van der Waals surface area contributed by atoms with Crippen molar-refractivity contribution in [1.82, 2.24) is 4.90 Å². The summed E-state index contributed by atoms with van der Waals surface area (Å²) in [6.45, 7) is 9.59. The second kappa shape index (κ2) is 5.85. The summed E-state index contributed by atoms with van der Waals surface area (Å²) in [5, 5.41) is 0. The van der Waals surface area contributed by atoms with Gasteiger partial charge < -0.3 is 10.6 Å². The molecule has 18 heavy (non-hydrogen) atoms. The van der Waals surface area contributed by atoms with Crippen molar-refractivity contribution < 1.29 is 0 Å². The van der Waals surface area contributed by atoms with Crippen LogP contribution in [0.4, 0.5) is 0 Å². The topological polar surface area (TPSA) is 29.3 Å². The molecule has 0 saturated heterocycles. The number of nitrogens with zero attached hydrogens (tertiary/aromatic N) is 1. The molecule has 1 unspecified atom stereocenters. The van der Waals surface area contributed by atoms with Gasteiger partial charge in [0.15, 0.2) is 0 Å². The summed E-state index contributed by atoms with van der Waals surface area (Å²) in [4.78, 5) is 2.26. The van der Waals surface area contributed by atoms with Crippen LogP contribution in [-0.2, 0) is 0 Å². The summed E-state index contributed by atoms with van der Waals surface area (Å²) in [6, 6.07) is 9.32. The van der Waals surface area contributed by atoms with Crippen LogP contribution in [0.5, 0.6) is 0 Å². The lowest BCUT2D eigenvalue weighted by atomic mass is 9.79. The van der Waals surface area contributed by atoms with Gasteiger partial charge in [-0.05, 0) is 43.1 Å². The molecule has 0 aromatic heterocycles. The molecule has 1 rings (SSSR count). The standard InChI is InChI=1S/C16H28N2/c1-12(2)13-7-9-14(10-8-13)15(18(5)6)16(3,4)11-17/h7-10,12,15H,11,17H2,1-6H3. The molecule has 0 fully saturated rings. The van der Waals surface area contributed by atoms with Crippen molar-refractivity contribution in [3.8, 4) is 0 Å². The molecular formula is C16H28N2. The lowest BCUT2D eigenvalue weighted by molar-refractivity contribution is 0.143. The van der Waals surface area contributed by atoms with Crippen molar-refractivity contribution in [2.24, 2.45) is 11.1 Å². The Morgan fingerprint density at radius 2 is 1.50 bits per heavy atom. The molecule has 1 atom stereocenters. The van der Waals surface area contributed by atoms with Gasteiger partial charge in [0, 0.05) is 6.04 Å². The molecular weight excluding hydrogens is 220 g/mol. The highest BCUT2D eigenvalue weighted by Crippen LogP contribution is 2.36. The number of benzene rings is 1. The fraction of sp³-hybridized carbons (Fsp3) is 0.625. The summed E-state index contributed by atoms with van der Waals surface area (Å²) in [5.41, 5.74) is 8.74. The van der Waals surface area contributed by atoms with Gasteiger partial charge in [-0.15, -0.1) is 0 Å². The number of hydrogen-bond acceptors (Lipinski definition) is 2. The van der Waals surface area contributed by atoms with Crippen molar-refractivity contribution in [1.29, 1.82) is 0 Å². The van der Waals surface area contributed by atoms with E-state index in [1.807, 2.05) is 0 Å². The zero-order valence-electron chi connectivity index (χ0n) is 12.7. The summed E-state index contributed by atoms with van der Waals surface area (Å²) >= 11 is 0. The maximum atomic E-state index is 5.93. The minimum absolute atomic E-state index is 0.0723. The van der Waals surface area contributed by atoms with E-state index in [-0.39, 0.29) is 5.41 Å². The van der Waals surface area contributed by atoms with E-state index in [4.69, 9.17) is 5.73 Å². The molecule has 0 saturated carbocycles. The zero-order valence-corrected chi connectivity index (χ0v) is 12.7. The van der Waals surface area contributed by atoms with Crippen molar-refractivity contribution >= 4 is 0 Å². The molecule has 0 radical (unpaired) electrons. The number of hydrogen-bond donors (Lipinski definition) is 1. The SMILES string of the molecule is CC(C)c1ccc(C(N(C)C)C(C)(C)CN)cc1. The molecule has 0 amide bonds. The predicted molar refractivity (Wildman–Crippen MR) is 79.8 cm³/mol. The lowest BCUT2D eigenvalue weighted by Gasteiger charge is -2.38. The molecule has 0 aliphatic rings. The van der Waals surface area contributed by atoms with Crippen LogP contribution in [-0.4, -0.2) is 25.5 Å². The summed E-state index contributed by atoms with van der Waals surface area (Å²) in [7, 11) is 4.25. The van der Waals surface area contributed by atoms with E-state index in [9.17, 15) is 0 Å². The zero-order chi connectivity index (χ0) is 13.9. The number of nitrogens with two attached hydrogens (primary N) is 1. The van der Waals surface area contributed by atoms with Crippen LogP contribution >= 0.6 is 0 Å². The molecule has 1 aromatic rings. The van der Waals surface area contributed by atoms with Crippen molar-refractivity contribution in [2.75, 3.05) is 20.6 Å². The van der Waals surface area contributed by atoms with E-state index in [1.165, 1.54) is 11.1 Å². The van der Waals surface area contributed by atoms with Crippen molar-refractivity contribution in [3.05, 3.63) is 35.4 Å². The third-order valence-electron chi connectivity index (χ3n) is 3.70. The number of rotatable bonds is 5. The van der Waals surface area contributed by atoms with Gasteiger partial charge in [-0.3, -0.25) is 0 Å². The van der Waals surface area contributed by atoms with Gasteiger partial charge in [0.05, 0.1) is 0 Å². The molecule has 0 aliphatic carbocycles. The van der Waals surface area contributed by atoms with Crippen LogP contribution in [0.15, 0.2) is 24.3 Å². The van der Waals surface area contributed by atoms with Crippen LogP contribution in [0.25, 0.3) is 0 Å². The van der Waals surface area contributed by atoms with Gasteiger partial charge >= 0.3 is 0 Å². The molecule has 2 heteroatoms. The first-order valence-electron chi connectivity index (χ1n) is 6.76. The lowest BCUT2D eigenvalue weighted by Crippen LogP contribution is -2.38. The average molecular weight is 248 g/mol. The van der Waals surface area contributed by atoms with Crippen molar-refractivity contribution in [2.45, 2.75) is 39.7 Å². The Kier molecular flexibility index (Phi) is 4.94. The summed E-state index contributed by atoms with van der Waals surface area (Å²) < 4.78 is 0. The van der Waals surface area contributed by atoms with Gasteiger partial charge in [-0.1, -0.05) is 52.0 Å². The second-order valence-corrected chi connectivity index (χ2v) is 6.38.